The van der Waals surface area contributed by atoms with Gasteiger partial charge in [0, 0.05) is 39.3 Å². The summed E-state index contributed by atoms with van der Waals surface area (Å²) in [6, 6.07) is 0.445. The highest BCUT2D eigenvalue weighted by atomic mass is 16.2. The van der Waals surface area contributed by atoms with Crippen molar-refractivity contribution >= 4 is 5.91 Å². The Balaban J connectivity index is 1.97. The molecule has 1 heterocycles. The number of hydrogen-bond donors (Lipinski definition) is 1. The van der Waals surface area contributed by atoms with Crippen molar-refractivity contribution in [1.29, 1.82) is 0 Å². The first-order valence-corrected chi connectivity index (χ1v) is 8.16. The molecule has 0 aromatic rings. The molecule has 0 bridgehead atoms. The minimum atomic E-state index is -0.375. The first kappa shape index (κ1) is 15.8. The molecule has 1 amide bonds. The molecular weight excluding hydrogens is 250 g/mol. The van der Waals surface area contributed by atoms with Crippen LogP contribution in [0.2, 0.25) is 0 Å². The van der Waals surface area contributed by atoms with Gasteiger partial charge in [-0.3, -0.25) is 9.69 Å². The molecule has 1 saturated heterocycles. The summed E-state index contributed by atoms with van der Waals surface area (Å²) >= 11 is 0. The van der Waals surface area contributed by atoms with Crippen molar-refractivity contribution in [2.24, 2.45) is 5.92 Å². The SMILES string of the molecule is CC1CCC(N(C)C(=O)C(C)(C)N2CCNCC2)CC1. The molecule has 20 heavy (non-hydrogen) atoms. The largest absolute Gasteiger partial charge is 0.341 e. The Morgan fingerprint density at radius 1 is 1.15 bits per heavy atom. The van der Waals surface area contributed by atoms with Crippen LogP contribution in [0.5, 0.6) is 0 Å². The van der Waals surface area contributed by atoms with Gasteiger partial charge in [0.1, 0.15) is 0 Å². The number of carbonyl (C=O) groups excluding carboxylic acids is 1. The number of carbonyl (C=O) groups is 1. The molecular formula is C16H31N3O. The van der Waals surface area contributed by atoms with Crippen LogP contribution in [0.4, 0.5) is 0 Å². The van der Waals surface area contributed by atoms with Gasteiger partial charge in [0.05, 0.1) is 5.54 Å². The molecule has 4 heteroatoms. The molecule has 116 valence electrons. The van der Waals surface area contributed by atoms with Crippen molar-refractivity contribution in [3.8, 4) is 0 Å². The summed E-state index contributed by atoms with van der Waals surface area (Å²) in [5, 5.41) is 3.36. The Labute approximate surface area is 123 Å². The number of nitrogens with zero attached hydrogens (tertiary/aromatic N) is 2. The normalized spacial score (nSPS) is 29.2. The number of hydrogen-bond acceptors (Lipinski definition) is 3. The van der Waals surface area contributed by atoms with E-state index in [0.717, 1.165) is 32.1 Å². The summed E-state index contributed by atoms with van der Waals surface area (Å²) in [4.78, 5) is 17.3. The second-order valence-corrected chi connectivity index (χ2v) is 7.13. The van der Waals surface area contributed by atoms with Crippen molar-refractivity contribution in [3.63, 3.8) is 0 Å². The molecule has 0 spiro atoms. The highest BCUT2D eigenvalue weighted by Crippen LogP contribution is 2.28. The molecule has 1 N–H and O–H groups in total. The molecule has 4 nitrogen and oxygen atoms in total. The van der Waals surface area contributed by atoms with Gasteiger partial charge in [0.15, 0.2) is 0 Å². The standard InChI is InChI=1S/C16H31N3O/c1-13-5-7-14(8-6-13)18(4)15(20)16(2,3)19-11-9-17-10-12-19/h13-14,17H,5-12H2,1-4H3. The van der Waals surface area contributed by atoms with E-state index in [0.29, 0.717) is 11.9 Å². The fourth-order valence-corrected chi connectivity index (χ4v) is 3.59. The first-order valence-electron chi connectivity index (χ1n) is 8.16. The fraction of sp³-hybridized carbons (Fsp3) is 0.938. The summed E-state index contributed by atoms with van der Waals surface area (Å²) in [5.74, 6) is 1.12. The Kier molecular flexibility index (Phi) is 5.08. The maximum absolute atomic E-state index is 12.9. The quantitative estimate of drug-likeness (QED) is 0.855. The van der Waals surface area contributed by atoms with E-state index in [-0.39, 0.29) is 5.54 Å². The van der Waals surface area contributed by atoms with Crippen LogP contribution in [0.1, 0.15) is 46.5 Å². The van der Waals surface area contributed by atoms with Crippen LogP contribution < -0.4 is 5.32 Å². The average molecular weight is 281 g/mol. The highest BCUT2D eigenvalue weighted by molar-refractivity contribution is 5.85. The van der Waals surface area contributed by atoms with E-state index in [4.69, 9.17) is 0 Å². The Bertz CT molecular complexity index is 329. The summed E-state index contributed by atoms with van der Waals surface area (Å²) in [6.07, 6.45) is 4.86. The van der Waals surface area contributed by atoms with Gasteiger partial charge in [-0.05, 0) is 45.4 Å². The van der Waals surface area contributed by atoms with Crippen LogP contribution in [-0.4, -0.2) is 60.5 Å². The van der Waals surface area contributed by atoms with Crippen LogP contribution in [0, 0.1) is 5.92 Å². The van der Waals surface area contributed by atoms with Crippen molar-refractivity contribution in [2.45, 2.75) is 58.0 Å². The van der Waals surface area contributed by atoms with Crippen LogP contribution in [-0.2, 0) is 4.79 Å². The summed E-state index contributed by atoms with van der Waals surface area (Å²) in [6.45, 7) is 10.4. The topological polar surface area (TPSA) is 35.6 Å². The minimum absolute atomic E-state index is 0.291. The van der Waals surface area contributed by atoms with Crippen LogP contribution in [0.3, 0.4) is 0 Å². The number of piperazine rings is 1. The third-order valence-electron chi connectivity index (χ3n) is 5.28. The molecule has 2 rings (SSSR count). The van der Waals surface area contributed by atoms with E-state index < -0.39 is 0 Å². The van der Waals surface area contributed by atoms with Crippen molar-refractivity contribution in [3.05, 3.63) is 0 Å². The summed E-state index contributed by atoms with van der Waals surface area (Å²) in [7, 11) is 2.01. The molecule has 0 aromatic carbocycles. The zero-order chi connectivity index (χ0) is 14.8. The Hall–Kier alpha value is -0.610. The van der Waals surface area contributed by atoms with E-state index in [2.05, 4.69) is 31.0 Å². The molecule has 1 saturated carbocycles. The minimum Gasteiger partial charge on any atom is -0.341 e. The third kappa shape index (κ3) is 3.34. The van der Waals surface area contributed by atoms with E-state index in [1.54, 1.807) is 0 Å². The molecule has 0 atom stereocenters. The van der Waals surface area contributed by atoms with Crippen LogP contribution in [0.15, 0.2) is 0 Å². The van der Waals surface area contributed by atoms with Gasteiger partial charge in [-0.25, -0.2) is 0 Å². The monoisotopic (exact) mass is 281 g/mol. The predicted molar refractivity (Wildman–Crippen MR) is 82.7 cm³/mol. The van der Waals surface area contributed by atoms with Gasteiger partial charge < -0.3 is 10.2 Å². The Morgan fingerprint density at radius 2 is 1.70 bits per heavy atom. The lowest BCUT2D eigenvalue weighted by Gasteiger charge is -2.44. The smallest absolute Gasteiger partial charge is 0.242 e. The average Bonchev–Trinajstić information content (AvgIpc) is 2.47. The van der Waals surface area contributed by atoms with Crippen molar-refractivity contribution < 1.29 is 4.79 Å². The molecule has 0 aromatic heterocycles. The lowest BCUT2D eigenvalue weighted by molar-refractivity contribution is -0.144. The lowest BCUT2D eigenvalue weighted by Crippen LogP contribution is -2.61. The molecule has 0 radical (unpaired) electrons. The van der Waals surface area contributed by atoms with Crippen LogP contribution >= 0.6 is 0 Å². The van der Waals surface area contributed by atoms with Gasteiger partial charge in [-0.15, -0.1) is 0 Å². The van der Waals surface area contributed by atoms with Gasteiger partial charge in [0.25, 0.3) is 0 Å². The number of rotatable bonds is 3. The van der Waals surface area contributed by atoms with Gasteiger partial charge in [-0.1, -0.05) is 6.92 Å². The van der Waals surface area contributed by atoms with E-state index in [1.165, 1.54) is 25.7 Å². The van der Waals surface area contributed by atoms with Crippen molar-refractivity contribution in [2.75, 3.05) is 33.2 Å². The molecule has 2 fully saturated rings. The number of amides is 1. The molecule has 1 aliphatic carbocycles. The zero-order valence-corrected chi connectivity index (χ0v) is 13.6. The summed E-state index contributed by atoms with van der Waals surface area (Å²) in [5.41, 5.74) is -0.375. The first-order chi connectivity index (χ1) is 9.43. The van der Waals surface area contributed by atoms with Gasteiger partial charge in [-0.2, -0.15) is 0 Å². The van der Waals surface area contributed by atoms with Crippen LogP contribution in [0.25, 0.3) is 0 Å². The highest BCUT2D eigenvalue weighted by Gasteiger charge is 2.39. The second-order valence-electron chi connectivity index (χ2n) is 7.13. The van der Waals surface area contributed by atoms with Gasteiger partial charge in [0.2, 0.25) is 5.91 Å². The molecule has 1 aliphatic heterocycles. The fourth-order valence-electron chi connectivity index (χ4n) is 3.59. The maximum atomic E-state index is 12.9. The molecule has 2 aliphatic rings. The zero-order valence-electron chi connectivity index (χ0n) is 13.6. The number of nitrogens with one attached hydrogen (secondary N) is 1. The predicted octanol–water partition coefficient (Wildman–Crippen LogP) is 1.71. The third-order valence-corrected chi connectivity index (χ3v) is 5.28. The lowest BCUT2D eigenvalue weighted by atomic mass is 9.86. The summed E-state index contributed by atoms with van der Waals surface area (Å²) < 4.78 is 0. The van der Waals surface area contributed by atoms with Crippen molar-refractivity contribution in [1.82, 2.24) is 15.1 Å². The van der Waals surface area contributed by atoms with E-state index >= 15 is 0 Å². The number of likely N-dealkylation sites (N-methyl/N-ethyl adjacent to an activating group) is 1. The van der Waals surface area contributed by atoms with Gasteiger partial charge >= 0.3 is 0 Å². The second kappa shape index (κ2) is 6.44. The van der Waals surface area contributed by atoms with E-state index in [1.807, 2.05) is 11.9 Å². The van der Waals surface area contributed by atoms with E-state index in [9.17, 15) is 4.79 Å². The maximum Gasteiger partial charge on any atom is 0.242 e. The molecule has 0 unspecified atom stereocenters. The Morgan fingerprint density at radius 3 is 2.25 bits per heavy atom.